The number of amides is 1. The molecule has 1 saturated heterocycles. The van der Waals surface area contributed by atoms with E-state index >= 15 is 0 Å². The molecule has 2 rings (SSSR count). The van der Waals surface area contributed by atoms with Crippen molar-refractivity contribution in [2.24, 2.45) is 5.92 Å². The van der Waals surface area contributed by atoms with E-state index in [1.165, 1.54) is 4.90 Å². The van der Waals surface area contributed by atoms with E-state index in [1.54, 1.807) is 6.07 Å². The van der Waals surface area contributed by atoms with Gasteiger partial charge in [0, 0.05) is 18.7 Å². The van der Waals surface area contributed by atoms with Crippen LogP contribution in [0.25, 0.3) is 0 Å². The van der Waals surface area contributed by atoms with Crippen molar-refractivity contribution in [3.05, 3.63) is 35.4 Å². The molecule has 0 aromatic heterocycles. The van der Waals surface area contributed by atoms with Gasteiger partial charge in [-0.3, -0.25) is 9.59 Å². The number of ketones is 1. The molecule has 0 N–H and O–H groups in total. The highest BCUT2D eigenvalue weighted by molar-refractivity contribution is 6.12. The van der Waals surface area contributed by atoms with E-state index < -0.39 is 29.3 Å². The summed E-state index contributed by atoms with van der Waals surface area (Å²) in [5.41, 5.74) is -0.962. The maximum atomic E-state index is 12.5. The molecule has 0 bridgehead atoms. The molecule has 0 saturated carbocycles. The van der Waals surface area contributed by atoms with Gasteiger partial charge in [0.2, 0.25) is 5.91 Å². The summed E-state index contributed by atoms with van der Waals surface area (Å²) >= 11 is 0. The van der Waals surface area contributed by atoms with Gasteiger partial charge in [-0.15, -0.1) is 0 Å². The lowest BCUT2D eigenvalue weighted by atomic mass is 9.96. The Labute approximate surface area is 125 Å². The van der Waals surface area contributed by atoms with Crippen molar-refractivity contribution in [3.8, 4) is 6.07 Å². The van der Waals surface area contributed by atoms with Crippen LogP contribution in [-0.2, 0) is 11.0 Å². The van der Waals surface area contributed by atoms with E-state index in [-0.39, 0.29) is 5.56 Å². The van der Waals surface area contributed by atoms with Gasteiger partial charge >= 0.3 is 6.18 Å². The van der Waals surface area contributed by atoms with E-state index in [9.17, 15) is 22.8 Å². The number of halogens is 3. The number of alkyl halides is 3. The summed E-state index contributed by atoms with van der Waals surface area (Å²) in [7, 11) is 0. The van der Waals surface area contributed by atoms with E-state index in [4.69, 9.17) is 5.26 Å². The molecule has 7 heteroatoms. The zero-order valence-electron chi connectivity index (χ0n) is 11.6. The maximum Gasteiger partial charge on any atom is 0.416 e. The van der Waals surface area contributed by atoms with Crippen molar-refractivity contribution in [2.75, 3.05) is 13.1 Å². The lowest BCUT2D eigenvalue weighted by Crippen LogP contribution is -2.37. The third kappa shape index (κ3) is 3.27. The second kappa shape index (κ2) is 6.18. The number of likely N-dealkylation sites (tertiary alicyclic amines) is 1. The van der Waals surface area contributed by atoms with Crippen molar-refractivity contribution in [2.45, 2.75) is 19.0 Å². The monoisotopic (exact) mass is 310 g/mol. The van der Waals surface area contributed by atoms with Crippen LogP contribution in [0, 0.1) is 17.2 Å². The van der Waals surface area contributed by atoms with Crippen LogP contribution in [0.2, 0.25) is 0 Å². The Morgan fingerprint density at radius 2 is 1.68 bits per heavy atom. The lowest BCUT2D eigenvalue weighted by Gasteiger charge is -2.18. The average Bonchev–Trinajstić information content (AvgIpc) is 3.01. The minimum Gasteiger partial charge on any atom is -0.341 e. The highest BCUT2D eigenvalue weighted by atomic mass is 19.4. The fraction of sp³-hybridized carbons (Fsp3) is 0.400. The molecule has 4 nitrogen and oxygen atoms in total. The van der Waals surface area contributed by atoms with Gasteiger partial charge in [-0.25, -0.2) is 0 Å². The van der Waals surface area contributed by atoms with Gasteiger partial charge in [0.15, 0.2) is 11.7 Å². The second-order valence-electron chi connectivity index (χ2n) is 5.03. The van der Waals surface area contributed by atoms with Crippen LogP contribution in [0.15, 0.2) is 24.3 Å². The molecular weight excluding hydrogens is 297 g/mol. The number of carbonyl (C=O) groups is 2. The second-order valence-corrected chi connectivity index (χ2v) is 5.03. The summed E-state index contributed by atoms with van der Waals surface area (Å²) in [5, 5.41) is 9.07. The third-order valence-electron chi connectivity index (χ3n) is 3.55. The van der Waals surface area contributed by atoms with Gasteiger partial charge in [0.05, 0.1) is 11.6 Å². The van der Waals surface area contributed by atoms with Crippen LogP contribution in [-0.4, -0.2) is 29.7 Å². The number of benzene rings is 1. The number of rotatable bonds is 3. The van der Waals surface area contributed by atoms with E-state index in [0.29, 0.717) is 13.1 Å². The number of carbonyl (C=O) groups excluding carboxylic acids is 2. The first kappa shape index (κ1) is 16.0. The summed E-state index contributed by atoms with van der Waals surface area (Å²) in [6.45, 7) is 0.995. The van der Waals surface area contributed by atoms with Crippen molar-refractivity contribution >= 4 is 11.7 Å². The van der Waals surface area contributed by atoms with E-state index in [2.05, 4.69) is 0 Å². The van der Waals surface area contributed by atoms with Crippen LogP contribution < -0.4 is 0 Å². The Hall–Kier alpha value is -2.36. The van der Waals surface area contributed by atoms with E-state index in [1.807, 2.05) is 0 Å². The summed E-state index contributed by atoms with van der Waals surface area (Å²) in [6.07, 6.45) is -2.86. The van der Waals surface area contributed by atoms with Gasteiger partial charge in [-0.05, 0) is 25.0 Å². The molecular formula is C15H13F3N2O2. The van der Waals surface area contributed by atoms with Crippen LogP contribution >= 0.6 is 0 Å². The normalized spacial score (nSPS) is 16.2. The standard InChI is InChI=1S/C15H13F3N2O2/c16-15(17,18)11-5-3-10(4-6-11)13(21)12(9-19)14(22)20-7-1-2-8-20/h3-6,12H,1-2,7-8H2/t12-/m1/s1. The van der Waals surface area contributed by atoms with E-state index in [0.717, 1.165) is 37.1 Å². The molecule has 1 heterocycles. The largest absolute Gasteiger partial charge is 0.416 e. The zero-order valence-corrected chi connectivity index (χ0v) is 11.6. The Balaban J connectivity index is 2.18. The topological polar surface area (TPSA) is 61.2 Å². The first-order chi connectivity index (χ1) is 10.3. The fourth-order valence-corrected chi connectivity index (χ4v) is 2.34. The molecule has 0 radical (unpaired) electrons. The first-order valence-corrected chi connectivity index (χ1v) is 6.74. The Morgan fingerprint density at radius 1 is 1.14 bits per heavy atom. The predicted molar refractivity (Wildman–Crippen MR) is 70.7 cm³/mol. The van der Waals surface area contributed by atoms with Crippen LogP contribution in [0.4, 0.5) is 13.2 Å². The van der Waals surface area contributed by atoms with Gasteiger partial charge in [-0.1, -0.05) is 12.1 Å². The Morgan fingerprint density at radius 3 is 2.14 bits per heavy atom. The average molecular weight is 310 g/mol. The van der Waals surface area contributed by atoms with Crippen molar-refractivity contribution in [3.63, 3.8) is 0 Å². The Kier molecular flexibility index (Phi) is 4.50. The molecule has 1 aliphatic heterocycles. The van der Waals surface area contributed by atoms with Crippen LogP contribution in [0.1, 0.15) is 28.8 Å². The molecule has 1 aromatic rings. The van der Waals surface area contributed by atoms with Gasteiger partial charge in [0.25, 0.3) is 0 Å². The van der Waals surface area contributed by atoms with Gasteiger partial charge in [-0.2, -0.15) is 18.4 Å². The summed E-state index contributed by atoms with van der Waals surface area (Å²) in [5.74, 6) is -2.85. The fourth-order valence-electron chi connectivity index (χ4n) is 2.34. The molecule has 0 aliphatic carbocycles. The number of hydrogen-bond donors (Lipinski definition) is 0. The van der Waals surface area contributed by atoms with Crippen molar-refractivity contribution in [1.29, 1.82) is 5.26 Å². The van der Waals surface area contributed by atoms with Crippen molar-refractivity contribution in [1.82, 2.24) is 4.90 Å². The number of nitriles is 1. The van der Waals surface area contributed by atoms with Gasteiger partial charge < -0.3 is 4.90 Å². The van der Waals surface area contributed by atoms with Crippen LogP contribution in [0.5, 0.6) is 0 Å². The molecule has 1 fully saturated rings. The Bertz CT molecular complexity index is 611. The molecule has 1 aliphatic rings. The minimum absolute atomic E-state index is 0.0768. The highest BCUT2D eigenvalue weighted by Crippen LogP contribution is 2.29. The zero-order chi connectivity index (χ0) is 16.3. The SMILES string of the molecule is N#C[C@H](C(=O)c1ccc(C(F)(F)F)cc1)C(=O)N1CCCC1. The highest BCUT2D eigenvalue weighted by Gasteiger charge is 2.34. The van der Waals surface area contributed by atoms with Gasteiger partial charge in [0.1, 0.15) is 0 Å². The van der Waals surface area contributed by atoms with Crippen LogP contribution in [0.3, 0.4) is 0 Å². The smallest absolute Gasteiger partial charge is 0.341 e. The maximum absolute atomic E-state index is 12.5. The third-order valence-corrected chi connectivity index (χ3v) is 3.55. The lowest BCUT2D eigenvalue weighted by molar-refractivity contribution is -0.137. The first-order valence-electron chi connectivity index (χ1n) is 6.74. The molecule has 0 spiro atoms. The molecule has 1 amide bonds. The molecule has 22 heavy (non-hydrogen) atoms. The summed E-state index contributed by atoms with van der Waals surface area (Å²) < 4.78 is 37.4. The molecule has 1 aromatic carbocycles. The number of nitrogens with zero attached hydrogens (tertiary/aromatic N) is 2. The predicted octanol–water partition coefficient (Wildman–Crippen LogP) is 2.65. The quantitative estimate of drug-likeness (QED) is 0.637. The minimum atomic E-state index is -4.50. The number of hydrogen-bond acceptors (Lipinski definition) is 3. The molecule has 0 unspecified atom stereocenters. The molecule has 116 valence electrons. The summed E-state index contributed by atoms with van der Waals surface area (Å²) in [4.78, 5) is 25.7. The molecule has 1 atom stereocenters. The summed E-state index contributed by atoms with van der Waals surface area (Å²) in [6, 6.07) is 5.18. The van der Waals surface area contributed by atoms with Crippen molar-refractivity contribution < 1.29 is 22.8 Å². The number of Topliss-reactive ketones (excluding diaryl/α,β-unsaturated/α-hetero) is 1.